The van der Waals surface area contributed by atoms with E-state index in [1.165, 1.54) is 10.6 Å². The molecule has 2 aromatic rings. The van der Waals surface area contributed by atoms with Crippen molar-refractivity contribution >= 4 is 26.9 Å². The normalized spacial score (nSPS) is 18.3. The highest BCUT2D eigenvalue weighted by Crippen LogP contribution is 2.31. The van der Waals surface area contributed by atoms with Crippen LogP contribution in [0.3, 0.4) is 0 Å². The first kappa shape index (κ1) is 17.7. The lowest BCUT2D eigenvalue weighted by molar-refractivity contribution is -0.144. The van der Waals surface area contributed by atoms with Gasteiger partial charge in [-0.25, -0.2) is 8.42 Å². The summed E-state index contributed by atoms with van der Waals surface area (Å²) >= 11 is 0. The van der Waals surface area contributed by atoms with Crippen molar-refractivity contribution in [2.24, 2.45) is 0 Å². The SMILES string of the molecule is COc1ccc2[nH]cc([C@H](C(=O)O)N3CCN(S(C)(=O)=O)CC3)c2c1. The van der Waals surface area contributed by atoms with Gasteiger partial charge in [0.2, 0.25) is 10.0 Å². The molecule has 0 spiro atoms. The molecule has 0 aliphatic carbocycles. The third-order valence-electron chi connectivity index (χ3n) is 4.56. The van der Waals surface area contributed by atoms with Crippen LogP contribution in [0.25, 0.3) is 10.9 Å². The summed E-state index contributed by atoms with van der Waals surface area (Å²) in [6.07, 6.45) is 2.87. The molecule has 0 unspecified atom stereocenters. The van der Waals surface area contributed by atoms with E-state index >= 15 is 0 Å². The summed E-state index contributed by atoms with van der Waals surface area (Å²) in [6.45, 7) is 1.30. The summed E-state index contributed by atoms with van der Waals surface area (Å²) in [5.74, 6) is -0.309. The molecule has 1 saturated heterocycles. The largest absolute Gasteiger partial charge is 0.497 e. The number of fused-ring (bicyclic) bond motifs is 1. The number of benzene rings is 1. The Bertz CT molecular complexity index is 884. The van der Waals surface area contributed by atoms with Crippen LogP contribution in [0.2, 0.25) is 0 Å². The molecule has 2 heterocycles. The van der Waals surface area contributed by atoms with Crippen molar-refractivity contribution in [2.75, 3.05) is 39.5 Å². The van der Waals surface area contributed by atoms with Crippen LogP contribution < -0.4 is 4.74 Å². The van der Waals surface area contributed by atoms with Crippen molar-refractivity contribution in [2.45, 2.75) is 6.04 Å². The summed E-state index contributed by atoms with van der Waals surface area (Å²) in [4.78, 5) is 16.8. The first-order valence-electron chi connectivity index (χ1n) is 7.88. The molecule has 9 heteroatoms. The second-order valence-electron chi connectivity index (χ2n) is 6.09. The van der Waals surface area contributed by atoms with E-state index in [0.29, 0.717) is 24.4 Å². The number of carboxylic acids is 1. The van der Waals surface area contributed by atoms with Crippen molar-refractivity contribution in [3.63, 3.8) is 0 Å². The second-order valence-corrected chi connectivity index (χ2v) is 8.08. The number of carboxylic acid groups (broad SMARTS) is 1. The summed E-state index contributed by atoms with van der Waals surface area (Å²) < 4.78 is 29.9. The molecule has 1 atom stereocenters. The van der Waals surface area contributed by atoms with Crippen molar-refractivity contribution in [1.82, 2.24) is 14.2 Å². The summed E-state index contributed by atoms with van der Waals surface area (Å²) in [5.41, 5.74) is 1.48. The molecule has 0 radical (unpaired) electrons. The summed E-state index contributed by atoms with van der Waals surface area (Å²) in [7, 11) is -1.69. The first-order valence-corrected chi connectivity index (χ1v) is 9.73. The van der Waals surface area contributed by atoms with Gasteiger partial charge in [0.05, 0.1) is 13.4 Å². The van der Waals surface area contributed by atoms with Crippen molar-refractivity contribution in [1.29, 1.82) is 0 Å². The molecule has 1 aromatic heterocycles. The highest BCUT2D eigenvalue weighted by molar-refractivity contribution is 7.88. The molecule has 0 saturated carbocycles. The number of carbonyl (C=O) groups is 1. The minimum Gasteiger partial charge on any atom is -0.497 e. The Morgan fingerprint density at radius 3 is 2.52 bits per heavy atom. The third kappa shape index (κ3) is 3.48. The Morgan fingerprint density at radius 2 is 1.96 bits per heavy atom. The number of piperazine rings is 1. The topological polar surface area (TPSA) is 103 Å². The predicted molar refractivity (Wildman–Crippen MR) is 93.2 cm³/mol. The van der Waals surface area contributed by atoms with Gasteiger partial charge in [0, 0.05) is 48.8 Å². The maximum atomic E-state index is 12.0. The molecular weight excluding hydrogens is 346 g/mol. The molecule has 1 aromatic carbocycles. The van der Waals surface area contributed by atoms with Crippen molar-refractivity contribution in [3.8, 4) is 5.75 Å². The molecule has 2 N–H and O–H groups in total. The van der Waals surface area contributed by atoms with Crippen LogP contribution in [0.1, 0.15) is 11.6 Å². The van der Waals surface area contributed by atoms with E-state index in [4.69, 9.17) is 4.74 Å². The van der Waals surface area contributed by atoms with Crippen LogP contribution >= 0.6 is 0 Å². The number of sulfonamides is 1. The number of hydrogen-bond acceptors (Lipinski definition) is 5. The number of nitrogens with one attached hydrogen (secondary N) is 1. The Balaban J connectivity index is 1.91. The molecule has 3 rings (SSSR count). The molecule has 1 aliphatic rings. The molecular formula is C16H21N3O5S. The Hall–Kier alpha value is -2.10. The van der Waals surface area contributed by atoms with E-state index in [0.717, 1.165) is 10.9 Å². The van der Waals surface area contributed by atoms with Crippen molar-refractivity contribution < 1.29 is 23.1 Å². The molecule has 8 nitrogen and oxygen atoms in total. The zero-order valence-electron chi connectivity index (χ0n) is 14.1. The van der Waals surface area contributed by atoms with Crippen LogP contribution in [-0.4, -0.2) is 73.2 Å². The van der Waals surface area contributed by atoms with E-state index in [1.54, 1.807) is 18.2 Å². The molecule has 1 fully saturated rings. The van der Waals surface area contributed by atoms with E-state index in [-0.39, 0.29) is 13.1 Å². The highest BCUT2D eigenvalue weighted by Gasteiger charge is 2.33. The molecule has 1 aliphatic heterocycles. The lowest BCUT2D eigenvalue weighted by atomic mass is 10.0. The highest BCUT2D eigenvalue weighted by atomic mass is 32.2. The Labute approximate surface area is 146 Å². The van der Waals surface area contributed by atoms with Gasteiger partial charge in [0.15, 0.2) is 0 Å². The van der Waals surface area contributed by atoms with E-state index in [9.17, 15) is 18.3 Å². The first-order chi connectivity index (χ1) is 11.8. The minimum atomic E-state index is -3.26. The van der Waals surface area contributed by atoms with Gasteiger partial charge in [-0.1, -0.05) is 0 Å². The van der Waals surface area contributed by atoms with Crippen LogP contribution in [0.15, 0.2) is 24.4 Å². The number of aliphatic carboxylic acids is 1. The van der Waals surface area contributed by atoms with Gasteiger partial charge in [-0.05, 0) is 18.2 Å². The summed E-state index contributed by atoms with van der Waals surface area (Å²) in [5, 5.41) is 10.6. The standard InChI is InChI=1S/C16H21N3O5S/c1-24-11-3-4-14-12(9-11)13(10-17-14)15(16(20)21)18-5-7-19(8-6-18)25(2,22)23/h3-4,9-10,15,17H,5-8H2,1-2H3,(H,20,21)/t15-/m1/s1. The fraction of sp³-hybridized carbons (Fsp3) is 0.438. The molecule has 0 bridgehead atoms. The smallest absolute Gasteiger partial charge is 0.325 e. The van der Waals surface area contributed by atoms with E-state index < -0.39 is 22.0 Å². The number of ether oxygens (including phenoxy) is 1. The molecule has 136 valence electrons. The van der Waals surface area contributed by atoms with Gasteiger partial charge < -0.3 is 14.8 Å². The number of rotatable bonds is 5. The average Bonchev–Trinajstić information content (AvgIpc) is 2.97. The molecule has 0 amide bonds. The van der Waals surface area contributed by atoms with Crippen LogP contribution in [0.5, 0.6) is 5.75 Å². The third-order valence-corrected chi connectivity index (χ3v) is 5.86. The maximum absolute atomic E-state index is 12.0. The van der Waals surface area contributed by atoms with Gasteiger partial charge >= 0.3 is 5.97 Å². The Morgan fingerprint density at radius 1 is 1.28 bits per heavy atom. The fourth-order valence-corrected chi connectivity index (χ4v) is 4.08. The number of nitrogens with zero attached hydrogens (tertiary/aromatic N) is 2. The minimum absolute atomic E-state index is 0.286. The number of methoxy groups -OCH3 is 1. The quantitative estimate of drug-likeness (QED) is 0.813. The monoisotopic (exact) mass is 367 g/mol. The van der Waals surface area contributed by atoms with Crippen molar-refractivity contribution in [3.05, 3.63) is 30.0 Å². The van der Waals surface area contributed by atoms with Gasteiger partial charge in [0.1, 0.15) is 11.8 Å². The number of aromatic amines is 1. The number of hydrogen-bond donors (Lipinski definition) is 2. The number of H-pyrrole nitrogens is 1. The second kappa shape index (κ2) is 6.66. The molecule has 25 heavy (non-hydrogen) atoms. The lowest BCUT2D eigenvalue weighted by Gasteiger charge is -2.36. The van der Waals surface area contributed by atoms with E-state index in [2.05, 4.69) is 4.98 Å². The van der Waals surface area contributed by atoms with Gasteiger partial charge in [-0.15, -0.1) is 0 Å². The fourth-order valence-electron chi connectivity index (χ4n) is 3.25. The van der Waals surface area contributed by atoms with Gasteiger partial charge in [0.25, 0.3) is 0 Å². The van der Waals surface area contributed by atoms with E-state index in [1.807, 2.05) is 18.2 Å². The van der Waals surface area contributed by atoms with Crippen LogP contribution in [-0.2, 0) is 14.8 Å². The van der Waals surface area contributed by atoms with Crippen LogP contribution in [0.4, 0.5) is 0 Å². The maximum Gasteiger partial charge on any atom is 0.325 e. The summed E-state index contributed by atoms with van der Waals surface area (Å²) in [6, 6.07) is 4.62. The van der Waals surface area contributed by atoms with Gasteiger partial charge in [-0.3, -0.25) is 9.69 Å². The zero-order valence-corrected chi connectivity index (χ0v) is 14.9. The predicted octanol–water partition coefficient (Wildman–Crippen LogP) is 0.879. The Kier molecular flexibility index (Phi) is 4.72. The van der Waals surface area contributed by atoms with Crippen LogP contribution in [0, 0.1) is 0 Å². The zero-order chi connectivity index (χ0) is 18.2. The number of aromatic nitrogens is 1. The lowest BCUT2D eigenvalue weighted by Crippen LogP contribution is -2.50. The van der Waals surface area contributed by atoms with Gasteiger partial charge in [-0.2, -0.15) is 4.31 Å². The average molecular weight is 367 g/mol.